The maximum Gasteiger partial charge on any atom is 0.433 e. The number of amides is 1. The van der Waals surface area contributed by atoms with E-state index in [1.54, 1.807) is 24.1 Å². The molecule has 2 saturated heterocycles. The van der Waals surface area contributed by atoms with E-state index in [0.29, 0.717) is 70.2 Å². The summed E-state index contributed by atoms with van der Waals surface area (Å²) in [5, 5.41) is 13.7. The first kappa shape index (κ1) is 32.4. The molecule has 1 amide bonds. The highest BCUT2D eigenvalue weighted by Crippen LogP contribution is 2.39. The Kier molecular flexibility index (Phi) is 10.1. The Hall–Kier alpha value is -3.97. The van der Waals surface area contributed by atoms with E-state index in [2.05, 4.69) is 10.00 Å². The molecule has 0 radical (unpaired) electrons. The van der Waals surface area contributed by atoms with Gasteiger partial charge in [-0.15, -0.1) is 0 Å². The first-order valence-corrected chi connectivity index (χ1v) is 15.1. The fourth-order valence-corrected chi connectivity index (χ4v) is 6.08. The normalized spacial score (nSPS) is 17.4. The molecule has 2 aliphatic rings. The number of rotatable bonds is 9. The number of hydrogen-bond donors (Lipinski definition) is 1. The average molecular weight is 650 g/mol. The van der Waals surface area contributed by atoms with Crippen LogP contribution in [0.4, 0.5) is 29.3 Å². The summed E-state index contributed by atoms with van der Waals surface area (Å²) in [5.74, 6) is -1.67. The van der Waals surface area contributed by atoms with Crippen LogP contribution in [0.1, 0.15) is 41.4 Å². The minimum absolute atomic E-state index is 0.203. The fraction of sp³-hybridized carbons (Fsp3) is 0.452. The third-order valence-corrected chi connectivity index (χ3v) is 8.37. The van der Waals surface area contributed by atoms with Crippen molar-refractivity contribution in [2.45, 2.75) is 31.5 Å². The van der Waals surface area contributed by atoms with Crippen molar-refractivity contribution < 1.29 is 37.3 Å². The van der Waals surface area contributed by atoms with Crippen molar-refractivity contribution in [1.82, 2.24) is 14.7 Å². The lowest BCUT2D eigenvalue weighted by Crippen LogP contribution is -2.49. The number of piperazine rings is 1. The van der Waals surface area contributed by atoms with Gasteiger partial charge in [-0.2, -0.15) is 18.3 Å². The largest absolute Gasteiger partial charge is 0.478 e. The van der Waals surface area contributed by atoms with E-state index in [4.69, 9.17) is 21.1 Å². The highest BCUT2D eigenvalue weighted by atomic mass is 35.5. The van der Waals surface area contributed by atoms with Gasteiger partial charge in [-0.25, -0.2) is 9.59 Å². The highest BCUT2D eigenvalue weighted by Gasteiger charge is 2.42. The lowest BCUT2D eigenvalue weighted by atomic mass is 9.99. The van der Waals surface area contributed by atoms with Gasteiger partial charge in [0, 0.05) is 81.4 Å². The standard InChI is InChI=1S/C31H35ClF3N5O5/c1-44-16-3-17-45-30(43)38-14-12-37(13-15-38)23-8-5-21(6-9-23)25-10-7-22(32)18-27(25)39-11-2-4-24(20-39)40-28(31(33,34)35)26(19-36-40)29(41)42/h5-10,18-19,24H,2-4,11-17,20H2,1H3,(H,41,42). The molecule has 1 aromatic heterocycles. The maximum absolute atomic E-state index is 13.9. The van der Waals surface area contributed by atoms with Crippen LogP contribution in [0, 0.1) is 0 Å². The quantitative estimate of drug-likeness (QED) is 0.280. The third kappa shape index (κ3) is 7.47. The molecule has 3 aromatic rings. The molecule has 1 unspecified atom stereocenters. The Morgan fingerprint density at radius 3 is 2.42 bits per heavy atom. The van der Waals surface area contributed by atoms with Gasteiger partial charge in [-0.1, -0.05) is 29.8 Å². The van der Waals surface area contributed by atoms with E-state index in [9.17, 15) is 27.9 Å². The van der Waals surface area contributed by atoms with Gasteiger partial charge in [0.15, 0.2) is 5.69 Å². The predicted octanol–water partition coefficient (Wildman–Crippen LogP) is 6.06. The molecule has 45 heavy (non-hydrogen) atoms. The summed E-state index contributed by atoms with van der Waals surface area (Å²) < 4.78 is 52.9. The number of aromatic nitrogens is 2. The molecule has 1 N–H and O–H groups in total. The van der Waals surface area contributed by atoms with Crippen molar-refractivity contribution in [3.05, 3.63) is 64.9 Å². The topological polar surface area (TPSA) is 100 Å². The van der Waals surface area contributed by atoms with Crippen LogP contribution in [0.15, 0.2) is 48.7 Å². The minimum atomic E-state index is -4.87. The third-order valence-electron chi connectivity index (χ3n) is 8.14. The molecule has 0 aliphatic carbocycles. The molecule has 2 fully saturated rings. The second-order valence-electron chi connectivity index (χ2n) is 11.0. The molecule has 2 aromatic carbocycles. The molecule has 0 bridgehead atoms. The van der Waals surface area contributed by atoms with Crippen LogP contribution in [-0.4, -0.2) is 91.4 Å². The number of piperidine rings is 1. The van der Waals surface area contributed by atoms with Crippen LogP contribution < -0.4 is 9.80 Å². The number of hydrogen-bond acceptors (Lipinski definition) is 7. The molecule has 0 saturated carbocycles. The first-order chi connectivity index (χ1) is 21.6. The Balaban J connectivity index is 1.29. The molecule has 0 spiro atoms. The molecule has 5 rings (SSSR count). The molecular formula is C31H35ClF3N5O5. The molecular weight excluding hydrogens is 615 g/mol. The number of halogens is 4. The molecule has 1 atom stereocenters. The number of alkyl halides is 3. The van der Waals surface area contributed by atoms with Crippen molar-refractivity contribution >= 4 is 35.0 Å². The first-order valence-electron chi connectivity index (χ1n) is 14.8. The van der Waals surface area contributed by atoms with E-state index in [1.165, 1.54) is 0 Å². The maximum atomic E-state index is 13.9. The number of methoxy groups -OCH3 is 1. The number of aromatic carboxylic acids is 1. The van der Waals surface area contributed by atoms with Crippen molar-refractivity contribution in [3.63, 3.8) is 0 Å². The predicted molar refractivity (Wildman–Crippen MR) is 163 cm³/mol. The molecule has 2 aliphatic heterocycles. The van der Waals surface area contributed by atoms with Gasteiger partial charge in [0.1, 0.15) is 5.56 Å². The molecule has 10 nitrogen and oxygen atoms in total. The minimum Gasteiger partial charge on any atom is -0.478 e. The molecule has 14 heteroatoms. The SMILES string of the molecule is COCCCOC(=O)N1CCN(c2ccc(-c3ccc(Cl)cc3N3CCCC(n4ncc(C(=O)O)c4C(F)(F)F)C3)cc2)CC1. The number of carboxylic acid groups (broad SMARTS) is 1. The Bertz CT molecular complexity index is 1490. The highest BCUT2D eigenvalue weighted by molar-refractivity contribution is 6.31. The van der Waals surface area contributed by atoms with Crippen molar-refractivity contribution in [3.8, 4) is 11.1 Å². The van der Waals surface area contributed by atoms with Gasteiger partial charge in [-0.3, -0.25) is 4.68 Å². The van der Waals surface area contributed by atoms with E-state index in [0.717, 1.165) is 33.4 Å². The van der Waals surface area contributed by atoms with E-state index in [-0.39, 0.29) is 12.6 Å². The summed E-state index contributed by atoms with van der Waals surface area (Å²) in [6.45, 7) is 4.06. The van der Waals surface area contributed by atoms with Gasteiger partial charge in [0.25, 0.3) is 0 Å². The van der Waals surface area contributed by atoms with Crippen molar-refractivity contribution in [2.75, 3.05) is 69.4 Å². The van der Waals surface area contributed by atoms with Crippen molar-refractivity contribution in [1.29, 1.82) is 0 Å². The number of carboxylic acids is 1. The van der Waals surface area contributed by atoms with Crippen LogP contribution in [0.3, 0.4) is 0 Å². The monoisotopic (exact) mass is 649 g/mol. The summed E-state index contributed by atoms with van der Waals surface area (Å²) >= 11 is 6.40. The lowest BCUT2D eigenvalue weighted by Gasteiger charge is -2.36. The second-order valence-corrected chi connectivity index (χ2v) is 11.5. The van der Waals surface area contributed by atoms with E-state index < -0.39 is 29.4 Å². The van der Waals surface area contributed by atoms with Gasteiger partial charge < -0.3 is 29.3 Å². The average Bonchev–Trinajstić information content (AvgIpc) is 3.50. The molecule has 242 valence electrons. The van der Waals surface area contributed by atoms with Gasteiger partial charge >= 0.3 is 18.2 Å². The second kappa shape index (κ2) is 14.0. The number of carbonyl (C=O) groups excluding carboxylic acids is 1. The van der Waals surface area contributed by atoms with Crippen LogP contribution in [0.2, 0.25) is 5.02 Å². The Morgan fingerprint density at radius 2 is 1.76 bits per heavy atom. The fourth-order valence-electron chi connectivity index (χ4n) is 5.91. The van der Waals surface area contributed by atoms with E-state index >= 15 is 0 Å². The summed E-state index contributed by atoms with van der Waals surface area (Å²) in [6.07, 6.45) is -2.76. The number of benzene rings is 2. The van der Waals surface area contributed by atoms with Crippen LogP contribution in [0.25, 0.3) is 11.1 Å². The smallest absolute Gasteiger partial charge is 0.433 e. The zero-order chi connectivity index (χ0) is 32.1. The zero-order valence-electron chi connectivity index (χ0n) is 24.8. The summed E-state index contributed by atoms with van der Waals surface area (Å²) in [5.41, 5.74) is 1.46. The number of carbonyl (C=O) groups is 2. The summed E-state index contributed by atoms with van der Waals surface area (Å²) in [6, 6.07) is 12.8. The Morgan fingerprint density at radius 1 is 1.02 bits per heavy atom. The van der Waals surface area contributed by atoms with Gasteiger partial charge in [0.2, 0.25) is 0 Å². The number of nitrogens with zero attached hydrogens (tertiary/aromatic N) is 5. The number of ether oxygens (including phenoxy) is 2. The molecule has 3 heterocycles. The van der Waals surface area contributed by atoms with Gasteiger partial charge in [0.05, 0.1) is 18.8 Å². The van der Waals surface area contributed by atoms with Crippen LogP contribution in [-0.2, 0) is 15.7 Å². The van der Waals surface area contributed by atoms with E-state index in [1.807, 2.05) is 35.2 Å². The van der Waals surface area contributed by atoms with Gasteiger partial charge in [-0.05, 0) is 42.7 Å². The van der Waals surface area contributed by atoms with Crippen molar-refractivity contribution in [2.24, 2.45) is 0 Å². The summed E-state index contributed by atoms with van der Waals surface area (Å²) in [4.78, 5) is 29.7. The Labute approximate surface area is 263 Å². The van der Waals surface area contributed by atoms with Crippen LogP contribution >= 0.6 is 11.6 Å². The lowest BCUT2D eigenvalue weighted by molar-refractivity contribution is -0.145. The van der Waals surface area contributed by atoms with Crippen LogP contribution in [0.5, 0.6) is 0 Å². The number of anilines is 2. The zero-order valence-corrected chi connectivity index (χ0v) is 25.6. The summed E-state index contributed by atoms with van der Waals surface area (Å²) in [7, 11) is 1.61.